The molecular formula is C16H14N2. The molecule has 18 heavy (non-hydrogen) atoms. The summed E-state index contributed by atoms with van der Waals surface area (Å²) in [6.45, 7) is 2.06. The summed E-state index contributed by atoms with van der Waals surface area (Å²) in [4.78, 5) is 4.38. The Morgan fingerprint density at radius 3 is 2.72 bits per heavy atom. The van der Waals surface area contributed by atoms with Gasteiger partial charge in [0.15, 0.2) is 0 Å². The molecule has 88 valence electrons. The molecule has 2 nitrogen and oxygen atoms in total. The number of rotatable bonds is 1. The third-order valence-corrected chi connectivity index (χ3v) is 3.06. The first kappa shape index (κ1) is 10.8. The third kappa shape index (κ3) is 1.82. The second-order valence-corrected chi connectivity index (χ2v) is 4.51. The Bertz CT molecular complexity index is 692. The Labute approximate surface area is 106 Å². The van der Waals surface area contributed by atoms with E-state index < -0.39 is 0 Å². The lowest BCUT2D eigenvalue weighted by Gasteiger charge is -2.08. The van der Waals surface area contributed by atoms with Crippen molar-refractivity contribution in [2.24, 2.45) is 0 Å². The highest BCUT2D eigenvalue weighted by Crippen LogP contribution is 2.29. The van der Waals surface area contributed by atoms with E-state index in [0.29, 0.717) is 0 Å². The minimum Gasteiger partial charge on any atom is -0.399 e. The standard InChI is InChI=1S/C16H14N2/c1-11-8-12(10-13(17)9-11)14-4-2-6-16-15(14)5-3-7-18-16/h2-10H,17H2,1H3. The number of nitrogen functional groups attached to an aromatic ring is 1. The van der Waals surface area contributed by atoms with Gasteiger partial charge in [-0.3, -0.25) is 4.98 Å². The predicted octanol–water partition coefficient (Wildman–Crippen LogP) is 3.79. The molecule has 0 saturated carbocycles. The summed E-state index contributed by atoms with van der Waals surface area (Å²) in [7, 11) is 0. The van der Waals surface area contributed by atoms with Crippen LogP contribution in [0.15, 0.2) is 54.7 Å². The summed E-state index contributed by atoms with van der Waals surface area (Å²) >= 11 is 0. The first-order chi connectivity index (χ1) is 8.74. The Kier molecular flexibility index (Phi) is 2.49. The maximum Gasteiger partial charge on any atom is 0.0708 e. The van der Waals surface area contributed by atoms with E-state index in [1.807, 2.05) is 36.5 Å². The molecule has 0 aliphatic heterocycles. The monoisotopic (exact) mass is 234 g/mol. The number of benzene rings is 2. The highest BCUT2D eigenvalue weighted by Gasteiger charge is 2.05. The molecule has 3 rings (SSSR count). The van der Waals surface area contributed by atoms with E-state index in [-0.39, 0.29) is 0 Å². The van der Waals surface area contributed by atoms with Gasteiger partial charge in [0.2, 0.25) is 0 Å². The molecular weight excluding hydrogens is 220 g/mol. The minimum atomic E-state index is 0.797. The van der Waals surface area contributed by atoms with Crippen molar-refractivity contribution in [2.45, 2.75) is 6.92 Å². The van der Waals surface area contributed by atoms with Gasteiger partial charge in [-0.2, -0.15) is 0 Å². The summed E-state index contributed by atoms with van der Waals surface area (Å²) in [5, 5.41) is 1.16. The van der Waals surface area contributed by atoms with Crippen LogP contribution < -0.4 is 5.73 Å². The molecule has 0 unspecified atom stereocenters. The van der Waals surface area contributed by atoms with E-state index in [1.165, 1.54) is 11.1 Å². The van der Waals surface area contributed by atoms with Crippen LogP contribution >= 0.6 is 0 Å². The number of nitrogens with two attached hydrogens (primary N) is 1. The Morgan fingerprint density at radius 1 is 1.00 bits per heavy atom. The molecule has 2 N–H and O–H groups in total. The van der Waals surface area contributed by atoms with Crippen LogP contribution in [0.2, 0.25) is 0 Å². The molecule has 0 bridgehead atoms. The van der Waals surface area contributed by atoms with Crippen molar-refractivity contribution < 1.29 is 0 Å². The quantitative estimate of drug-likeness (QED) is 0.650. The van der Waals surface area contributed by atoms with Gasteiger partial charge in [-0.1, -0.05) is 24.3 Å². The molecule has 0 atom stereocenters. The molecule has 0 aliphatic carbocycles. The Hall–Kier alpha value is -2.35. The average molecular weight is 234 g/mol. The van der Waals surface area contributed by atoms with E-state index in [9.17, 15) is 0 Å². The van der Waals surface area contributed by atoms with Crippen LogP contribution in [0.5, 0.6) is 0 Å². The summed E-state index contributed by atoms with van der Waals surface area (Å²) in [5.74, 6) is 0. The molecule has 0 spiro atoms. The van der Waals surface area contributed by atoms with Crippen molar-refractivity contribution >= 4 is 16.6 Å². The minimum absolute atomic E-state index is 0.797. The molecule has 2 aromatic carbocycles. The van der Waals surface area contributed by atoms with Gasteiger partial charge in [-0.05, 0) is 47.9 Å². The maximum absolute atomic E-state index is 5.93. The van der Waals surface area contributed by atoms with Gasteiger partial charge in [0.1, 0.15) is 0 Å². The second kappa shape index (κ2) is 4.15. The van der Waals surface area contributed by atoms with Crippen LogP contribution in [-0.2, 0) is 0 Å². The van der Waals surface area contributed by atoms with Gasteiger partial charge in [-0.15, -0.1) is 0 Å². The van der Waals surface area contributed by atoms with Crippen molar-refractivity contribution in [1.29, 1.82) is 0 Å². The van der Waals surface area contributed by atoms with E-state index >= 15 is 0 Å². The third-order valence-electron chi connectivity index (χ3n) is 3.06. The fourth-order valence-electron chi connectivity index (χ4n) is 2.32. The number of anilines is 1. The Morgan fingerprint density at radius 2 is 1.89 bits per heavy atom. The van der Waals surface area contributed by atoms with Crippen molar-refractivity contribution in [3.63, 3.8) is 0 Å². The highest BCUT2D eigenvalue weighted by atomic mass is 14.6. The molecule has 0 aliphatic rings. The van der Waals surface area contributed by atoms with Crippen LogP contribution in [0.1, 0.15) is 5.56 Å². The lowest BCUT2D eigenvalue weighted by Crippen LogP contribution is -1.89. The number of hydrogen-bond donors (Lipinski definition) is 1. The molecule has 2 heteroatoms. The normalized spacial score (nSPS) is 10.7. The zero-order valence-corrected chi connectivity index (χ0v) is 10.2. The van der Waals surface area contributed by atoms with Crippen LogP contribution in [0.4, 0.5) is 5.69 Å². The first-order valence-corrected chi connectivity index (χ1v) is 5.95. The van der Waals surface area contributed by atoms with Gasteiger partial charge in [0.05, 0.1) is 5.52 Å². The summed E-state index contributed by atoms with van der Waals surface area (Å²) in [6, 6.07) is 16.4. The van der Waals surface area contributed by atoms with Crippen LogP contribution in [-0.4, -0.2) is 4.98 Å². The zero-order chi connectivity index (χ0) is 12.5. The predicted molar refractivity (Wildman–Crippen MR) is 76.3 cm³/mol. The zero-order valence-electron chi connectivity index (χ0n) is 10.2. The van der Waals surface area contributed by atoms with Crippen molar-refractivity contribution in [1.82, 2.24) is 4.98 Å². The van der Waals surface area contributed by atoms with Gasteiger partial charge in [0, 0.05) is 17.3 Å². The second-order valence-electron chi connectivity index (χ2n) is 4.51. The van der Waals surface area contributed by atoms with Gasteiger partial charge in [0.25, 0.3) is 0 Å². The van der Waals surface area contributed by atoms with E-state index in [4.69, 9.17) is 5.73 Å². The maximum atomic E-state index is 5.93. The van der Waals surface area contributed by atoms with Gasteiger partial charge >= 0.3 is 0 Å². The number of fused-ring (bicyclic) bond motifs is 1. The highest BCUT2D eigenvalue weighted by molar-refractivity contribution is 5.95. The number of nitrogens with zero attached hydrogens (tertiary/aromatic N) is 1. The average Bonchev–Trinajstić information content (AvgIpc) is 2.37. The van der Waals surface area contributed by atoms with Crippen molar-refractivity contribution in [3.8, 4) is 11.1 Å². The molecule has 0 amide bonds. The first-order valence-electron chi connectivity index (χ1n) is 5.95. The summed E-state index contributed by atoms with van der Waals surface area (Å²) in [5.41, 5.74) is 11.2. The molecule has 3 aromatic rings. The molecule has 1 aromatic heterocycles. The topological polar surface area (TPSA) is 38.9 Å². The molecule has 0 saturated heterocycles. The van der Waals surface area contributed by atoms with Crippen molar-refractivity contribution in [3.05, 3.63) is 60.3 Å². The lowest BCUT2D eigenvalue weighted by atomic mass is 9.98. The van der Waals surface area contributed by atoms with Gasteiger partial charge < -0.3 is 5.73 Å². The molecule has 0 radical (unpaired) electrons. The van der Waals surface area contributed by atoms with Gasteiger partial charge in [-0.25, -0.2) is 0 Å². The number of hydrogen-bond acceptors (Lipinski definition) is 2. The lowest BCUT2D eigenvalue weighted by molar-refractivity contribution is 1.41. The molecule has 0 fully saturated rings. The van der Waals surface area contributed by atoms with Crippen LogP contribution in [0.25, 0.3) is 22.0 Å². The summed E-state index contributed by atoms with van der Waals surface area (Å²) < 4.78 is 0. The van der Waals surface area contributed by atoms with E-state index in [0.717, 1.165) is 22.2 Å². The number of aryl methyl sites for hydroxylation is 1. The fourth-order valence-corrected chi connectivity index (χ4v) is 2.32. The van der Waals surface area contributed by atoms with E-state index in [2.05, 4.69) is 30.1 Å². The fraction of sp³-hybridized carbons (Fsp3) is 0.0625. The summed E-state index contributed by atoms with van der Waals surface area (Å²) in [6.07, 6.45) is 1.82. The SMILES string of the molecule is Cc1cc(N)cc(-c2cccc3ncccc23)c1. The van der Waals surface area contributed by atoms with E-state index in [1.54, 1.807) is 0 Å². The number of aromatic nitrogens is 1. The van der Waals surface area contributed by atoms with Crippen LogP contribution in [0.3, 0.4) is 0 Å². The molecule has 1 heterocycles. The van der Waals surface area contributed by atoms with Crippen LogP contribution in [0, 0.1) is 6.92 Å². The smallest absolute Gasteiger partial charge is 0.0708 e. The largest absolute Gasteiger partial charge is 0.399 e. The van der Waals surface area contributed by atoms with Crippen molar-refractivity contribution in [2.75, 3.05) is 5.73 Å². The number of pyridine rings is 1. The Balaban J connectivity index is 2.31.